The van der Waals surface area contributed by atoms with Gasteiger partial charge in [0.1, 0.15) is 11.6 Å². The Morgan fingerprint density at radius 1 is 1.37 bits per heavy atom. The Kier molecular flexibility index (Phi) is 4.17. The van der Waals surface area contributed by atoms with Crippen LogP contribution < -0.4 is 0 Å². The lowest BCUT2D eigenvalue weighted by Crippen LogP contribution is -2.41. The van der Waals surface area contributed by atoms with E-state index in [2.05, 4.69) is 13.8 Å². The lowest BCUT2D eigenvalue weighted by molar-refractivity contribution is 0.0637. The zero-order valence-corrected chi connectivity index (χ0v) is 11.3. The summed E-state index contributed by atoms with van der Waals surface area (Å²) in [5.41, 5.74) is -0.0363. The summed E-state index contributed by atoms with van der Waals surface area (Å²) in [6, 6.07) is 3.11. The summed E-state index contributed by atoms with van der Waals surface area (Å²) in [7, 11) is 0. The highest BCUT2D eigenvalue weighted by molar-refractivity contribution is 5.94. The molecule has 2 nitrogen and oxygen atoms in total. The van der Waals surface area contributed by atoms with E-state index in [4.69, 9.17) is 0 Å². The summed E-state index contributed by atoms with van der Waals surface area (Å²) >= 11 is 0. The minimum absolute atomic E-state index is 0.0363. The van der Waals surface area contributed by atoms with Crippen LogP contribution in [0.2, 0.25) is 0 Å². The van der Waals surface area contributed by atoms with Crippen LogP contribution in [-0.4, -0.2) is 23.9 Å². The predicted octanol–water partition coefficient (Wildman–Crippen LogP) is 3.47. The predicted molar refractivity (Wildman–Crippen MR) is 69.8 cm³/mol. The number of rotatable bonds is 2. The molecule has 1 unspecified atom stereocenters. The van der Waals surface area contributed by atoms with Crippen LogP contribution in [0.1, 0.15) is 37.0 Å². The smallest absolute Gasteiger partial charge is 0.256 e. The summed E-state index contributed by atoms with van der Waals surface area (Å²) in [5.74, 6) is -0.804. The van der Waals surface area contributed by atoms with Crippen molar-refractivity contribution in [3.8, 4) is 0 Å². The molecule has 0 aromatic heterocycles. The third-order valence-electron chi connectivity index (χ3n) is 3.85. The molecule has 1 aromatic carbocycles. The van der Waals surface area contributed by atoms with E-state index >= 15 is 0 Å². The van der Waals surface area contributed by atoms with Gasteiger partial charge in [-0.3, -0.25) is 4.79 Å². The fourth-order valence-corrected chi connectivity index (χ4v) is 2.57. The van der Waals surface area contributed by atoms with Gasteiger partial charge in [-0.2, -0.15) is 0 Å². The molecule has 1 fully saturated rings. The number of amides is 1. The van der Waals surface area contributed by atoms with Crippen LogP contribution in [-0.2, 0) is 0 Å². The van der Waals surface area contributed by atoms with Gasteiger partial charge in [0.25, 0.3) is 5.91 Å². The van der Waals surface area contributed by atoms with Crippen molar-refractivity contribution in [2.45, 2.75) is 26.7 Å². The Morgan fingerprint density at radius 2 is 2.11 bits per heavy atom. The largest absolute Gasteiger partial charge is 0.338 e. The molecule has 1 atom stereocenters. The highest BCUT2D eigenvalue weighted by Crippen LogP contribution is 2.25. The molecule has 4 heteroatoms. The Balaban J connectivity index is 2.15. The molecule has 0 N–H and O–H groups in total. The second kappa shape index (κ2) is 5.68. The van der Waals surface area contributed by atoms with Crippen molar-refractivity contribution in [1.29, 1.82) is 0 Å². The maximum atomic E-state index is 13.6. The van der Waals surface area contributed by atoms with E-state index in [1.54, 1.807) is 4.90 Å². The molecule has 0 saturated carbocycles. The van der Waals surface area contributed by atoms with Gasteiger partial charge in [0.05, 0.1) is 5.56 Å². The summed E-state index contributed by atoms with van der Waals surface area (Å²) < 4.78 is 26.5. The maximum Gasteiger partial charge on any atom is 0.256 e. The quantitative estimate of drug-likeness (QED) is 0.803. The normalized spacial score (nSPS) is 19.8. The van der Waals surface area contributed by atoms with Gasteiger partial charge in [0, 0.05) is 19.2 Å². The van der Waals surface area contributed by atoms with Crippen LogP contribution in [0, 0.1) is 23.5 Å². The molecule has 1 amide bonds. The van der Waals surface area contributed by atoms with Crippen LogP contribution in [0.3, 0.4) is 0 Å². The number of likely N-dealkylation sites (tertiary alicyclic amines) is 1. The van der Waals surface area contributed by atoms with Crippen molar-refractivity contribution < 1.29 is 13.6 Å². The van der Waals surface area contributed by atoms with E-state index in [1.807, 2.05) is 0 Å². The minimum atomic E-state index is -0.781. The minimum Gasteiger partial charge on any atom is -0.338 e. The lowest BCUT2D eigenvalue weighted by atomic mass is 9.87. The van der Waals surface area contributed by atoms with Crippen LogP contribution in [0.5, 0.6) is 0 Å². The van der Waals surface area contributed by atoms with E-state index in [9.17, 15) is 13.6 Å². The van der Waals surface area contributed by atoms with Gasteiger partial charge in [0.2, 0.25) is 0 Å². The van der Waals surface area contributed by atoms with E-state index < -0.39 is 11.6 Å². The number of carbonyl (C=O) groups excluding carboxylic acids is 1. The van der Waals surface area contributed by atoms with Crippen molar-refractivity contribution in [3.05, 3.63) is 35.4 Å². The molecule has 19 heavy (non-hydrogen) atoms. The molecule has 0 radical (unpaired) electrons. The van der Waals surface area contributed by atoms with Gasteiger partial charge in [-0.25, -0.2) is 8.78 Å². The third kappa shape index (κ3) is 3.11. The van der Waals surface area contributed by atoms with E-state index in [0.717, 1.165) is 25.0 Å². The van der Waals surface area contributed by atoms with Gasteiger partial charge in [-0.15, -0.1) is 0 Å². The topological polar surface area (TPSA) is 20.3 Å². The van der Waals surface area contributed by atoms with Gasteiger partial charge in [-0.05, 0) is 36.8 Å². The lowest BCUT2D eigenvalue weighted by Gasteiger charge is -2.34. The second-order valence-electron chi connectivity index (χ2n) is 5.52. The van der Waals surface area contributed by atoms with Crippen LogP contribution in [0.15, 0.2) is 18.2 Å². The molecule has 1 aliphatic rings. The fourth-order valence-electron chi connectivity index (χ4n) is 2.57. The molecular formula is C15H19F2NO. The second-order valence-corrected chi connectivity index (χ2v) is 5.52. The molecule has 1 heterocycles. The molecule has 1 aliphatic heterocycles. The maximum absolute atomic E-state index is 13.6. The number of carbonyl (C=O) groups is 1. The molecule has 104 valence electrons. The fraction of sp³-hybridized carbons (Fsp3) is 0.533. The van der Waals surface area contributed by atoms with Gasteiger partial charge >= 0.3 is 0 Å². The third-order valence-corrected chi connectivity index (χ3v) is 3.85. The molecule has 2 rings (SSSR count). The monoisotopic (exact) mass is 267 g/mol. The van der Waals surface area contributed by atoms with Crippen molar-refractivity contribution in [2.24, 2.45) is 11.8 Å². The summed E-state index contributed by atoms with van der Waals surface area (Å²) in [6.07, 6.45) is 2.05. The average molecular weight is 267 g/mol. The number of halogens is 2. The highest BCUT2D eigenvalue weighted by Gasteiger charge is 2.27. The Bertz CT molecular complexity index is 473. The SMILES string of the molecule is CC(C)C1CCCN(C(=O)c2ccc(F)cc2F)C1. The molecule has 1 aromatic rings. The summed E-state index contributed by atoms with van der Waals surface area (Å²) in [6.45, 7) is 5.58. The first-order valence-corrected chi connectivity index (χ1v) is 6.73. The zero-order valence-electron chi connectivity index (χ0n) is 11.3. The Labute approximate surface area is 112 Å². The van der Waals surface area contributed by atoms with Gasteiger partial charge < -0.3 is 4.90 Å². The average Bonchev–Trinajstić information content (AvgIpc) is 2.38. The standard InChI is InChI=1S/C15H19F2NO/c1-10(2)11-4-3-7-18(9-11)15(19)13-6-5-12(16)8-14(13)17/h5-6,8,10-11H,3-4,7,9H2,1-2H3. The van der Waals surface area contributed by atoms with Gasteiger partial charge in [-0.1, -0.05) is 13.8 Å². The van der Waals surface area contributed by atoms with Crippen molar-refractivity contribution in [3.63, 3.8) is 0 Å². The van der Waals surface area contributed by atoms with Crippen LogP contribution in [0.4, 0.5) is 8.78 Å². The number of benzene rings is 1. The molecule has 0 spiro atoms. The highest BCUT2D eigenvalue weighted by atomic mass is 19.1. The van der Waals surface area contributed by atoms with Crippen molar-refractivity contribution >= 4 is 5.91 Å². The molecule has 0 bridgehead atoms. The number of piperidine rings is 1. The van der Waals surface area contributed by atoms with Crippen LogP contribution >= 0.6 is 0 Å². The van der Waals surface area contributed by atoms with E-state index in [-0.39, 0.29) is 11.5 Å². The summed E-state index contributed by atoms with van der Waals surface area (Å²) in [5, 5.41) is 0. The molecule has 1 saturated heterocycles. The molecular weight excluding hydrogens is 248 g/mol. The van der Waals surface area contributed by atoms with E-state index in [0.29, 0.717) is 24.9 Å². The number of hydrogen-bond donors (Lipinski definition) is 0. The molecule has 0 aliphatic carbocycles. The number of hydrogen-bond acceptors (Lipinski definition) is 1. The first-order valence-electron chi connectivity index (χ1n) is 6.73. The summed E-state index contributed by atoms with van der Waals surface area (Å²) in [4.78, 5) is 13.9. The van der Waals surface area contributed by atoms with Crippen molar-refractivity contribution in [1.82, 2.24) is 4.90 Å². The number of nitrogens with zero attached hydrogens (tertiary/aromatic N) is 1. The van der Waals surface area contributed by atoms with Gasteiger partial charge in [0.15, 0.2) is 0 Å². The first-order chi connectivity index (χ1) is 8.99. The zero-order chi connectivity index (χ0) is 14.0. The van der Waals surface area contributed by atoms with Crippen LogP contribution in [0.25, 0.3) is 0 Å². The Hall–Kier alpha value is -1.45. The Morgan fingerprint density at radius 3 is 2.74 bits per heavy atom. The van der Waals surface area contributed by atoms with Crippen molar-refractivity contribution in [2.75, 3.05) is 13.1 Å². The van der Waals surface area contributed by atoms with E-state index in [1.165, 1.54) is 6.07 Å². The first kappa shape index (κ1) is 14.0.